The van der Waals surface area contributed by atoms with Gasteiger partial charge in [0.25, 0.3) is 5.56 Å². The van der Waals surface area contributed by atoms with Crippen molar-refractivity contribution in [2.45, 2.75) is 39.5 Å². The predicted molar refractivity (Wildman–Crippen MR) is 155 cm³/mol. The molecule has 3 aromatic rings. The number of benzene rings is 2. The Morgan fingerprint density at radius 3 is 2.36 bits per heavy atom. The second-order valence-corrected chi connectivity index (χ2v) is 10.9. The third-order valence-corrected chi connectivity index (χ3v) is 8.54. The number of nitrogens with one attached hydrogen (secondary N) is 1. The summed E-state index contributed by atoms with van der Waals surface area (Å²) in [4.78, 5) is 31.1. The van der Waals surface area contributed by atoms with Crippen LogP contribution in [-0.2, 0) is 19.3 Å². The van der Waals surface area contributed by atoms with Crippen LogP contribution in [0.1, 0.15) is 39.9 Å². The molecule has 3 aliphatic rings. The molecule has 1 aromatic heterocycles. The monoisotopic (exact) mass is 527 g/mol. The summed E-state index contributed by atoms with van der Waals surface area (Å²) in [6.07, 6.45) is 3.24. The number of piperazine rings is 1. The van der Waals surface area contributed by atoms with Gasteiger partial charge in [-0.15, -0.1) is 0 Å². The molecular formula is C31H37N5O3. The minimum absolute atomic E-state index is 0.0131. The van der Waals surface area contributed by atoms with Gasteiger partial charge in [0, 0.05) is 61.2 Å². The van der Waals surface area contributed by atoms with Gasteiger partial charge >= 0.3 is 0 Å². The first-order valence-corrected chi connectivity index (χ1v) is 13.9. The number of fused-ring (bicyclic) bond motifs is 2. The number of aliphatic imine (C=N–C) groups is 1. The molecule has 3 heterocycles. The number of para-hydroxylation sites is 1. The highest BCUT2D eigenvalue weighted by atomic mass is 16.5. The lowest BCUT2D eigenvalue weighted by Crippen LogP contribution is -2.48. The van der Waals surface area contributed by atoms with Crippen LogP contribution < -0.4 is 24.8 Å². The number of anilines is 2. The van der Waals surface area contributed by atoms with Gasteiger partial charge in [-0.1, -0.05) is 18.2 Å². The van der Waals surface area contributed by atoms with Crippen molar-refractivity contribution in [3.8, 4) is 11.5 Å². The van der Waals surface area contributed by atoms with E-state index in [1.54, 1.807) is 14.2 Å². The number of methoxy groups -OCH3 is 2. The lowest BCUT2D eigenvalue weighted by Gasteiger charge is -2.38. The standard InChI is InChI=1S/C31H37N5O3/c1-19-6-5-7-20(2)29(19)35-12-14-36(15-13-35)31-33-25-9-8-22(16-24(25)30(37)34-31)28-23-18-27(39-4)26(38-3)17-21(23)10-11-32-28/h5-7,17-18,22H,8-16H2,1-4H3,(H,33,34,37). The topological polar surface area (TPSA) is 83.0 Å². The van der Waals surface area contributed by atoms with Crippen LogP contribution in [0.2, 0.25) is 0 Å². The van der Waals surface area contributed by atoms with Crippen molar-refractivity contribution in [3.63, 3.8) is 0 Å². The lowest BCUT2D eigenvalue weighted by atomic mass is 9.79. The predicted octanol–water partition coefficient (Wildman–Crippen LogP) is 3.88. The molecule has 204 valence electrons. The Kier molecular flexibility index (Phi) is 6.79. The molecule has 2 aliphatic heterocycles. The number of nitrogens with zero attached hydrogens (tertiary/aromatic N) is 4. The molecule has 0 saturated carbocycles. The van der Waals surface area contributed by atoms with E-state index < -0.39 is 0 Å². The smallest absolute Gasteiger partial charge is 0.255 e. The number of rotatable bonds is 5. The second-order valence-electron chi connectivity index (χ2n) is 10.9. The summed E-state index contributed by atoms with van der Waals surface area (Å²) < 4.78 is 11.1. The molecule has 1 aliphatic carbocycles. The Balaban J connectivity index is 1.20. The molecule has 8 nitrogen and oxygen atoms in total. The molecule has 39 heavy (non-hydrogen) atoms. The zero-order valence-electron chi connectivity index (χ0n) is 23.3. The number of aromatic nitrogens is 2. The molecule has 1 N–H and O–H groups in total. The average molecular weight is 528 g/mol. The Labute approximate surface area is 229 Å². The van der Waals surface area contributed by atoms with Crippen molar-refractivity contribution in [1.29, 1.82) is 0 Å². The maximum absolute atomic E-state index is 13.4. The van der Waals surface area contributed by atoms with E-state index in [0.717, 1.165) is 80.3 Å². The lowest BCUT2D eigenvalue weighted by molar-refractivity contribution is 0.354. The van der Waals surface area contributed by atoms with Gasteiger partial charge in [0.2, 0.25) is 5.95 Å². The van der Waals surface area contributed by atoms with Gasteiger partial charge < -0.3 is 19.3 Å². The molecule has 2 aromatic carbocycles. The number of aromatic amines is 1. The molecule has 1 unspecified atom stereocenters. The molecule has 6 rings (SSSR count). The third-order valence-electron chi connectivity index (χ3n) is 8.54. The molecule has 0 bridgehead atoms. The first kappa shape index (κ1) is 25.5. The second kappa shape index (κ2) is 10.4. The maximum atomic E-state index is 13.4. The minimum Gasteiger partial charge on any atom is -0.493 e. The van der Waals surface area contributed by atoms with Crippen molar-refractivity contribution in [2.75, 3.05) is 56.7 Å². The highest BCUT2D eigenvalue weighted by Gasteiger charge is 2.31. The summed E-state index contributed by atoms with van der Waals surface area (Å²) in [5.74, 6) is 2.35. The summed E-state index contributed by atoms with van der Waals surface area (Å²) in [5.41, 5.74) is 9.10. The fourth-order valence-corrected chi connectivity index (χ4v) is 6.53. The van der Waals surface area contributed by atoms with Crippen LogP contribution in [0, 0.1) is 19.8 Å². The third kappa shape index (κ3) is 4.66. The summed E-state index contributed by atoms with van der Waals surface area (Å²) in [7, 11) is 3.33. The Morgan fingerprint density at radius 1 is 0.949 bits per heavy atom. The molecule has 1 fully saturated rings. The first-order chi connectivity index (χ1) is 19.0. The van der Waals surface area contributed by atoms with E-state index in [1.807, 2.05) is 6.07 Å². The van der Waals surface area contributed by atoms with Crippen LogP contribution in [0.5, 0.6) is 11.5 Å². The van der Waals surface area contributed by atoms with E-state index in [2.05, 4.69) is 52.9 Å². The van der Waals surface area contributed by atoms with Gasteiger partial charge in [0.1, 0.15) is 0 Å². The van der Waals surface area contributed by atoms with E-state index in [9.17, 15) is 4.79 Å². The Bertz CT molecular complexity index is 1470. The van der Waals surface area contributed by atoms with Gasteiger partial charge in [-0.25, -0.2) is 4.98 Å². The maximum Gasteiger partial charge on any atom is 0.255 e. The number of hydrogen-bond donors (Lipinski definition) is 1. The molecule has 0 radical (unpaired) electrons. The number of ether oxygens (including phenoxy) is 2. The van der Waals surface area contributed by atoms with E-state index in [1.165, 1.54) is 22.4 Å². The number of aryl methyl sites for hydroxylation is 3. The minimum atomic E-state index is -0.0131. The van der Waals surface area contributed by atoms with Crippen molar-refractivity contribution in [1.82, 2.24) is 9.97 Å². The highest BCUT2D eigenvalue weighted by molar-refractivity contribution is 6.05. The van der Waals surface area contributed by atoms with Crippen molar-refractivity contribution >= 4 is 17.3 Å². The van der Waals surface area contributed by atoms with Crippen LogP contribution in [0.15, 0.2) is 40.1 Å². The van der Waals surface area contributed by atoms with E-state index in [4.69, 9.17) is 19.5 Å². The molecule has 0 spiro atoms. The summed E-state index contributed by atoms with van der Waals surface area (Å²) in [6, 6.07) is 10.6. The quantitative estimate of drug-likeness (QED) is 0.542. The molecule has 1 saturated heterocycles. The van der Waals surface area contributed by atoms with Crippen molar-refractivity contribution in [3.05, 3.63) is 74.2 Å². The fourth-order valence-electron chi connectivity index (χ4n) is 6.53. The summed E-state index contributed by atoms with van der Waals surface area (Å²) in [5, 5.41) is 0. The Hall–Kier alpha value is -3.81. The van der Waals surface area contributed by atoms with E-state index >= 15 is 0 Å². The van der Waals surface area contributed by atoms with Crippen molar-refractivity contribution in [2.24, 2.45) is 10.9 Å². The van der Waals surface area contributed by atoms with Gasteiger partial charge in [0.05, 0.1) is 19.9 Å². The number of hydrogen-bond acceptors (Lipinski definition) is 7. The Morgan fingerprint density at radius 2 is 1.64 bits per heavy atom. The number of H-pyrrole nitrogens is 1. The van der Waals surface area contributed by atoms with Crippen LogP contribution in [0.3, 0.4) is 0 Å². The molecule has 8 heteroatoms. The van der Waals surface area contributed by atoms with Gasteiger partial charge in [0.15, 0.2) is 11.5 Å². The van der Waals surface area contributed by atoms with Crippen molar-refractivity contribution < 1.29 is 9.47 Å². The highest BCUT2D eigenvalue weighted by Crippen LogP contribution is 2.36. The van der Waals surface area contributed by atoms with E-state index in [0.29, 0.717) is 18.1 Å². The SMILES string of the molecule is COc1cc2c(cc1OC)C(C1CCc3nc(N4CCN(c5c(C)cccc5C)CC4)[nH]c(=O)c3C1)=NCC2. The van der Waals surface area contributed by atoms with Crippen LogP contribution in [0.4, 0.5) is 11.6 Å². The molecule has 1 atom stereocenters. The van der Waals surface area contributed by atoms with Crippen LogP contribution >= 0.6 is 0 Å². The van der Waals surface area contributed by atoms with Crippen LogP contribution in [-0.4, -0.2) is 62.6 Å². The summed E-state index contributed by atoms with van der Waals surface area (Å²) >= 11 is 0. The zero-order chi connectivity index (χ0) is 27.1. The van der Waals surface area contributed by atoms with Gasteiger partial charge in [-0.05, 0) is 68.4 Å². The average Bonchev–Trinajstić information content (AvgIpc) is 2.96. The van der Waals surface area contributed by atoms with Gasteiger partial charge in [-0.2, -0.15) is 0 Å². The summed E-state index contributed by atoms with van der Waals surface area (Å²) in [6.45, 7) is 8.57. The largest absolute Gasteiger partial charge is 0.493 e. The molecular weight excluding hydrogens is 490 g/mol. The normalized spacial score (nSPS) is 18.8. The van der Waals surface area contributed by atoms with E-state index in [-0.39, 0.29) is 11.5 Å². The first-order valence-electron chi connectivity index (χ1n) is 13.9. The van der Waals surface area contributed by atoms with Gasteiger partial charge in [-0.3, -0.25) is 14.8 Å². The zero-order valence-corrected chi connectivity index (χ0v) is 23.3. The van der Waals surface area contributed by atoms with Crippen LogP contribution in [0.25, 0.3) is 0 Å². The fraction of sp³-hybridized carbons (Fsp3) is 0.452. The molecule has 0 amide bonds.